The zero-order valence-electron chi connectivity index (χ0n) is 12.2. The molecule has 1 aromatic carbocycles. The molecular formula is C15H19N3O3. The molecule has 0 aliphatic rings. The minimum Gasteiger partial charge on any atom is -0.494 e. The van der Waals surface area contributed by atoms with Gasteiger partial charge >= 0.3 is 5.97 Å². The van der Waals surface area contributed by atoms with E-state index in [-0.39, 0.29) is 5.69 Å². The Morgan fingerprint density at radius 1 is 1.48 bits per heavy atom. The summed E-state index contributed by atoms with van der Waals surface area (Å²) in [5, 5.41) is 16.1. The van der Waals surface area contributed by atoms with Gasteiger partial charge in [0.1, 0.15) is 5.75 Å². The Labute approximate surface area is 123 Å². The fourth-order valence-corrected chi connectivity index (χ4v) is 1.94. The van der Waals surface area contributed by atoms with E-state index in [4.69, 9.17) is 9.84 Å². The number of nitrogens with one attached hydrogen (secondary N) is 1. The molecule has 2 rings (SSSR count). The Morgan fingerprint density at radius 3 is 3.00 bits per heavy atom. The fourth-order valence-electron chi connectivity index (χ4n) is 1.94. The van der Waals surface area contributed by atoms with Crippen LogP contribution in [0.2, 0.25) is 0 Å². The van der Waals surface area contributed by atoms with Gasteiger partial charge in [-0.1, -0.05) is 19.1 Å². The average Bonchev–Trinajstić information content (AvgIpc) is 2.85. The molecule has 0 unspecified atom stereocenters. The van der Waals surface area contributed by atoms with Crippen molar-refractivity contribution in [2.75, 3.05) is 11.9 Å². The second kappa shape index (κ2) is 6.78. The number of rotatable bonds is 7. The third kappa shape index (κ3) is 3.98. The second-order valence-corrected chi connectivity index (χ2v) is 4.72. The fraction of sp³-hybridized carbons (Fsp3) is 0.333. The molecule has 1 aromatic heterocycles. The van der Waals surface area contributed by atoms with E-state index in [1.807, 2.05) is 24.3 Å². The normalized spacial score (nSPS) is 10.4. The van der Waals surface area contributed by atoms with Gasteiger partial charge in [-0.25, -0.2) is 4.79 Å². The molecule has 0 aliphatic heterocycles. The summed E-state index contributed by atoms with van der Waals surface area (Å²) in [6.07, 6.45) is 2.61. The van der Waals surface area contributed by atoms with Gasteiger partial charge in [0.2, 0.25) is 0 Å². The minimum atomic E-state index is -1.04. The first-order valence-electron chi connectivity index (χ1n) is 6.82. The van der Waals surface area contributed by atoms with Crippen molar-refractivity contribution in [1.82, 2.24) is 9.78 Å². The van der Waals surface area contributed by atoms with Crippen LogP contribution in [0.15, 0.2) is 30.5 Å². The summed E-state index contributed by atoms with van der Waals surface area (Å²) in [7, 11) is 1.69. The van der Waals surface area contributed by atoms with E-state index in [1.165, 1.54) is 4.68 Å². The zero-order valence-corrected chi connectivity index (χ0v) is 12.2. The number of aromatic carboxylic acids is 1. The third-order valence-corrected chi connectivity index (χ3v) is 2.89. The Bertz CT molecular complexity index is 622. The predicted molar refractivity (Wildman–Crippen MR) is 79.7 cm³/mol. The number of nitrogens with zero attached hydrogens (tertiary/aromatic N) is 2. The number of ether oxygens (including phenoxy) is 1. The number of benzene rings is 1. The van der Waals surface area contributed by atoms with Crippen LogP contribution in [0.1, 0.15) is 29.4 Å². The molecule has 0 atom stereocenters. The molecule has 0 radical (unpaired) electrons. The molecule has 21 heavy (non-hydrogen) atoms. The first kappa shape index (κ1) is 14.9. The highest BCUT2D eigenvalue weighted by Gasteiger charge is 2.14. The van der Waals surface area contributed by atoms with E-state index in [9.17, 15) is 4.79 Å². The van der Waals surface area contributed by atoms with E-state index >= 15 is 0 Å². The van der Waals surface area contributed by atoms with Gasteiger partial charge < -0.3 is 15.2 Å². The van der Waals surface area contributed by atoms with E-state index in [2.05, 4.69) is 17.3 Å². The van der Waals surface area contributed by atoms with Gasteiger partial charge in [-0.3, -0.25) is 4.68 Å². The molecule has 112 valence electrons. The number of aromatic nitrogens is 2. The summed E-state index contributed by atoms with van der Waals surface area (Å²) in [6, 6.07) is 7.73. The van der Waals surface area contributed by atoms with Crippen LogP contribution >= 0.6 is 0 Å². The van der Waals surface area contributed by atoms with Gasteiger partial charge in [0, 0.05) is 19.8 Å². The number of anilines is 1. The highest BCUT2D eigenvalue weighted by atomic mass is 16.5. The van der Waals surface area contributed by atoms with Gasteiger partial charge in [-0.2, -0.15) is 5.10 Å². The molecule has 6 heteroatoms. The molecule has 2 N–H and O–H groups in total. The van der Waals surface area contributed by atoms with Gasteiger partial charge in [0.05, 0.1) is 12.3 Å². The Kier molecular flexibility index (Phi) is 4.81. The van der Waals surface area contributed by atoms with Crippen LogP contribution in [-0.2, 0) is 13.6 Å². The molecular weight excluding hydrogens is 270 g/mol. The molecule has 0 saturated carbocycles. The van der Waals surface area contributed by atoms with E-state index in [1.54, 1.807) is 13.2 Å². The van der Waals surface area contributed by atoms with E-state index < -0.39 is 5.97 Å². The van der Waals surface area contributed by atoms with Crippen molar-refractivity contribution >= 4 is 11.7 Å². The minimum absolute atomic E-state index is 0.0240. The predicted octanol–water partition coefficient (Wildman–Crippen LogP) is 2.52. The number of aryl methyl sites for hydroxylation is 1. The van der Waals surface area contributed by atoms with E-state index in [0.29, 0.717) is 18.8 Å². The lowest BCUT2D eigenvalue weighted by Crippen LogP contribution is -2.05. The zero-order chi connectivity index (χ0) is 15.2. The first-order chi connectivity index (χ1) is 10.1. The Balaban J connectivity index is 2.04. The van der Waals surface area contributed by atoms with Gasteiger partial charge in [0.25, 0.3) is 0 Å². The highest BCUT2D eigenvalue weighted by Crippen LogP contribution is 2.17. The topological polar surface area (TPSA) is 76.4 Å². The molecule has 0 saturated heterocycles. The molecule has 0 aliphatic carbocycles. The smallest absolute Gasteiger partial charge is 0.358 e. The lowest BCUT2D eigenvalue weighted by atomic mass is 10.2. The van der Waals surface area contributed by atoms with Crippen molar-refractivity contribution < 1.29 is 14.6 Å². The first-order valence-corrected chi connectivity index (χ1v) is 6.82. The van der Waals surface area contributed by atoms with Crippen LogP contribution in [0.4, 0.5) is 5.69 Å². The summed E-state index contributed by atoms with van der Waals surface area (Å²) in [4.78, 5) is 11.1. The van der Waals surface area contributed by atoms with Crippen molar-refractivity contribution in [2.24, 2.45) is 7.05 Å². The molecule has 0 bridgehead atoms. The van der Waals surface area contributed by atoms with Crippen molar-refractivity contribution in [1.29, 1.82) is 0 Å². The van der Waals surface area contributed by atoms with Gasteiger partial charge in [-0.05, 0) is 24.1 Å². The van der Waals surface area contributed by atoms with E-state index in [0.717, 1.165) is 17.7 Å². The molecule has 6 nitrogen and oxygen atoms in total. The molecule has 2 aromatic rings. The number of carbonyl (C=O) groups is 1. The number of hydrogen-bond acceptors (Lipinski definition) is 4. The summed E-state index contributed by atoms with van der Waals surface area (Å²) in [5.74, 6) is -0.223. The largest absolute Gasteiger partial charge is 0.494 e. The number of carboxylic acids is 1. The molecule has 0 spiro atoms. The Morgan fingerprint density at radius 2 is 2.29 bits per heavy atom. The van der Waals surface area contributed by atoms with Crippen LogP contribution in [0.5, 0.6) is 5.75 Å². The van der Waals surface area contributed by atoms with Crippen LogP contribution in [0.3, 0.4) is 0 Å². The Hall–Kier alpha value is -2.50. The standard InChI is InChI=1S/C15H19N3O3/c1-3-7-21-12-6-4-5-11(8-12)9-16-13-10-18(2)17-14(13)15(19)20/h4-6,8,10,16H,3,7,9H2,1-2H3,(H,19,20). The summed E-state index contributed by atoms with van der Waals surface area (Å²) < 4.78 is 7.05. The summed E-state index contributed by atoms with van der Waals surface area (Å²) in [5.41, 5.74) is 1.55. The second-order valence-electron chi connectivity index (χ2n) is 4.72. The summed E-state index contributed by atoms with van der Waals surface area (Å²) >= 11 is 0. The van der Waals surface area contributed by atoms with Crippen LogP contribution in [-0.4, -0.2) is 27.5 Å². The van der Waals surface area contributed by atoms with Gasteiger partial charge in [-0.15, -0.1) is 0 Å². The monoisotopic (exact) mass is 289 g/mol. The maximum Gasteiger partial charge on any atom is 0.358 e. The van der Waals surface area contributed by atoms with Crippen LogP contribution in [0, 0.1) is 0 Å². The third-order valence-electron chi connectivity index (χ3n) is 2.89. The van der Waals surface area contributed by atoms with Crippen molar-refractivity contribution in [3.05, 3.63) is 41.7 Å². The van der Waals surface area contributed by atoms with Crippen LogP contribution in [0.25, 0.3) is 0 Å². The lowest BCUT2D eigenvalue weighted by molar-refractivity contribution is 0.0690. The van der Waals surface area contributed by atoms with Crippen molar-refractivity contribution in [3.63, 3.8) is 0 Å². The molecule has 1 heterocycles. The molecule has 0 amide bonds. The molecule has 0 fully saturated rings. The SMILES string of the molecule is CCCOc1cccc(CNc2cn(C)nc2C(=O)O)c1. The average molecular weight is 289 g/mol. The maximum absolute atomic E-state index is 11.1. The lowest BCUT2D eigenvalue weighted by Gasteiger charge is -2.08. The van der Waals surface area contributed by atoms with Crippen molar-refractivity contribution in [2.45, 2.75) is 19.9 Å². The van der Waals surface area contributed by atoms with Crippen molar-refractivity contribution in [3.8, 4) is 5.75 Å². The quantitative estimate of drug-likeness (QED) is 0.819. The summed E-state index contributed by atoms with van der Waals surface area (Å²) in [6.45, 7) is 3.25. The maximum atomic E-state index is 11.1. The van der Waals surface area contributed by atoms with Crippen LogP contribution < -0.4 is 10.1 Å². The number of carboxylic acid groups (broad SMARTS) is 1. The van der Waals surface area contributed by atoms with Gasteiger partial charge in [0.15, 0.2) is 5.69 Å². The number of hydrogen-bond donors (Lipinski definition) is 2. The highest BCUT2D eigenvalue weighted by molar-refractivity contribution is 5.91.